The van der Waals surface area contributed by atoms with E-state index < -0.39 is 0 Å². The summed E-state index contributed by atoms with van der Waals surface area (Å²) in [5.41, 5.74) is 0.415. The molecule has 0 bridgehead atoms. The summed E-state index contributed by atoms with van der Waals surface area (Å²) in [6, 6.07) is 0.512. The Morgan fingerprint density at radius 3 is 2.74 bits per heavy atom. The van der Waals surface area contributed by atoms with Crippen LogP contribution in [0.5, 0.6) is 0 Å². The van der Waals surface area contributed by atoms with Crippen LogP contribution in [0.3, 0.4) is 0 Å². The van der Waals surface area contributed by atoms with Crippen molar-refractivity contribution in [3.05, 3.63) is 12.7 Å². The van der Waals surface area contributed by atoms with E-state index in [-0.39, 0.29) is 5.91 Å². The van der Waals surface area contributed by atoms with E-state index in [4.69, 9.17) is 0 Å². The molecule has 0 aromatic carbocycles. The number of piperidine rings is 1. The summed E-state index contributed by atoms with van der Waals surface area (Å²) in [6.07, 6.45) is 6.22. The average molecular weight is 266 g/mol. The number of hydrogen-bond donors (Lipinski definition) is 0. The van der Waals surface area contributed by atoms with Crippen molar-refractivity contribution in [2.45, 2.75) is 52.5 Å². The van der Waals surface area contributed by atoms with E-state index in [1.165, 1.54) is 25.3 Å². The maximum atomic E-state index is 11.7. The van der Waals surface area contributed by atoms with Crippen LogP contribution < -0.4 is 0 Å². The van der Waals surface area contributed by atoms with Crippen LogP contribution in [0.4, 0.5) is 0 Å². The second-order valence-corrected chi connectivity index (χ2v) is 6.93. The lowest BCUT2D eigenvalue weighted by Gasteiger charge is -2.37. The Kier molecular flexibility index (Phi) is 6.05. The Morgan fingerprint density at radius 2 is 2.16 bits per heavy atom. The number of rotatable bonds is 5. The molecule has 1 aliphatic heterocycles. The monoisotopic (exact) mass is 266 g/mol. The van der Waals surface area contributed by atoms with Gasteiger partial charge in [-0.2, -0.15) is 0 Å². The highest BCUT2D eigenvalue weighted by Crippen LogP contribution is 2.22. The predicted octanol–water partition coefficient (Wildman–Crippen LogP) is 2.92. The topological polar surface area (TPSA) is 23.6 Å². The second kappa shape index (κ2) is 7.09. The van der Waals surface area contributed by atoms with Crippen molar-refractivity contribution in [3.63, 3.8) is 0 Å². The Bertz CT molecular complexity index is 306. The molecule has 110 valence electrons. The number of nitrogens with zero attached hydrogens (tertiary/aromatic N) is 2. The molecule has 1 atom stereocenters. The van der Waals surface area contributed by atoms with E-state index in [2.05, 4.69) is 39.3 Å². The van der Waals surface area contributed by atoms with Crippen molar-refractivity contribution in [3.8, 4) is 0 Å². The molecule has 1 fully saturated rings. The molecule has 3 heteroatoms. The molecule has 1 saturated heterocycles. The van der Waals surface area contributed by atoms with E-state index in [1.807, 2.05) is 4.90 Å². The first-order valence-electron chi connectivity index (χ1n) is 7.45. The van der Waals surface area contributed by atoms with Crippen molar-refractivity contribution in [2.75, 3.05) is 26.7 Å². The van der Waals surface area contributed by atoms with Gasteiger partial charge in [0.1, 0.15) is 0 Å². The van der Waals surface area contributed by atoms with Gasteiger partial charge in [-0.3, -0.25) is 4.79 Å². The van der Waals surface area contributed by atoms with Gasteiger partial charge in [0, 0.05) is 19.1 Å². The quantitative estimate of drug-likeness (QED) is 0.714. The van der Waals surface area contributed by atoms with Gasteiger partial charge in [-0.25, -0.2) is 0 Å². The number of likely N-dealkylation sites (N-methyl/N-ethyl adjacent to an activating group) is 1. The number of amides is 1. The van der Waals surface area contributed by atoms with Gasteiger partial charge in [0.05, 0.1) is 0 Å². The SMILES string of the molecule is C=CC(=O)N1CCC[C@H](N(C)CCCC(C)(C)C)C1. The van der Waals surface area contributed by atoms with Crippen LogP contribution >= 0.6 is 0 Å². The summed E-state index contributed by atoms with van der Waals surface area (Å²) in [4.78, 5) is 16.0. The van der Waals surface area contributed by atoms with E-state index in [9.17, 15) is 4.79 Å². The minimum absolute atomic E-state index is 0.0767. The zero-order valence-corrected chi connectivity index (χ0v) is 13.1. The number of hydrogen-bond acceptors (Lipinski definition) is 2. The van der Waals surface area contributed by atoms with Crippen LogP contribution in [0.15, 0.2) is 12.7 Å². The van der Waals surface area contributed by atoms with Crippen LogP contribution in [0.25, 0.3) is 0 Å². The summed E-state index contributed by atoms with van der Waals surface area (Å²) < 4.78 is 0. The van der Waals surface area contributed by atoms with Crippen molar-refractivity contribution in [2.24, 2.45) is 5.41 Å². The molecule has 0 aromatic heterocycles. The fourth-order valence-electron chi connectivity index (χ4n) is 2.69. The Hall–Kier alpha value is -0.830. The lowest BCUT2D eigenvalue weighted by atomic mass is 9.90. The van der Waals surface area contributed by atoms with E-state index in [0.717, 1.165) is 26.1 Å². The lowest BCUT2D eigenvalue weighted by molar-refractivity contribution is -0.128. The molecule has 0 radical (unpaired) electrons. The summed E-state index contributed by atoms with van der Waals surface area (Å²) in [5.74, 6) is 0.0767. The molecule has 0 N–H and O–H groups in total. The van der Waals surface area contributed by atoms with Gasteiger partial charge in [0.25, 0.3) is 0 Å². The van der Waals surface area contributed by atoms with Gasteiger partial charge in [0.2, 0.25) is 5.91 Å². The molecule has 1 heterocycles. The van der Waals surface area contributed by atoms with Gasteiger partial charge in [0.15, 0.2) is 0 Å². The molecule has 0 aliphatic carbocycles. The average Bonchev–Trinajstić information content (AvgIpc) is 2.36. The Labute approximate surface area is 118 Å². The molecule has 19 heavy (non-hydrogen) atoms. The van der Waals surface area contributed by atoms with E-state index >= 15 is 0 Å². The summed E-state index contributed by atoms with van der Waals surface area (Å²) >= 11 is 0. The predicted molar refractivity (Wildman–Crippen MR) is 81.1 cm³/mol. The molecule has 0 unspecified atom stereocenters. The molecule has 1 amide bonds. The van der Waals surface area contributed by atoms with Crippen LogP contribution in [0, 0.1) is 5.41 Å². The maximum Gasteiger partial charge on any atom is 0.246 e. The van der Waals surface area contributed by atoms with Crippen molar-refractivity contribution in [1.82, 2.24) is 9.80 Å². The number of carbonyl (C=O) groups is 1. The van der Waals surface area contributed by atoms with Crippen molar-refractivity contribution < 1.29 is 4.79 Å². The van der Waals surface area contributed by atoms with Gasteiger partial charge >= 0.3 is 0 Å². The van der Waals surface area contributed by atoms with Gasteiger partial charge in [-0.15, -0.1) is 0 Å². The van der Waals surface area contributed by atoms with E-state index in [0.29, 0.717) is 11.5 Å². The van der Waals surface area contributed by atoms with Crippen molar-refractivity contribution in [1.29, 1.82) is 0 Å². The Morgan fingerprint density at radius 1 is 1.47 bits per heavy atom. The third-order valence-corrected chi connectivity index (χ3v) is 3.94. The summed E-state index contributed by atoms with van der Waals surface area (Å²) in [7, 11) is 2.19. The first kappa shape index (κ1) is 16.2. The van der Waals surface area contributed by atoms with Crippen molar-refractivity contribution >= 4 is 5.91 Å². The fraction of sp³-hybridized carbons (Fsp3) is 0.812. The molecule has 1 rings (SSSR count). The molecule has 0 spiro atoms. The first-order chi connectivity index (χ1) is 8.83. The standard InChI is InChI=1S/C16H30N2O/c1-6-15(19)18-12-7-9-14(13-18)17(5)11-8-10-16(2,3)4/h6,14H,1,7-13H2,2-5H3/t14-/m0/s1. The molecule has 0 aromatic rings. The number of carbonyl (C=O) groups excluding carboxylic acids is 1. The maximum absolute atomic E-state index is 11.7. The van der Waals surface area contributed by atoms with Crippen LogP contribution in [0.1, 0.15) is 46.5 Å². The normalized spacial score (nSPS) is 20.7. The third-order valence-electron chi connectivity index (χ3n) is 3.94. The zero-order chi connectivity index (χ0) is 14.5. The molecule has 0 saturated carbocycles. The lowest BCUT2D eigenvalue weighted by Crippen LogP contribution is -2.48. The third kappa shape index (κ3) is 5.77. The molecule has 3 nitrogen and oxygen atoms in total. The zero-order valence-electron chi connectivity index (χ0n) is 13.1. The van der Waals surface area contributed by atoms with Gasteiger partial charge < -0.3 is 9.80 Å². The minimum atomic E-state index is 0.0767. The van der Waals surface area contributed by atoms with Crippen LogP contribution in [-0.4, -0.2) is 48.4 Å². The highest BCUT2D eigenvalue weighted by Gasteiger charge is 2.25. The fourth-order valence-corrected chi connectivity index (χ4v) is 2.69. The van der Waals surface area contributed by atoms with Gasteiger partial charge in [-0.1, -0.05) is 27.4 Å². The molecular weight excluding hydrogens is 236 g/mol. The summed E-state index contributed by atoms with van der Waals surface area (Å²) in [5, 5.41) is 0. The molecule has 1 aliphatic rings. The summed E-state index contributed by atoms with van der Waals surface area (Å²) in [6.45, 7) is 13.3. The largest absolute Gasteiger partial charge is 0.338 e. The van der Waals surface area contributed by atoms with E-state index in [1.54, 1.807) is 0 Å². The molecular formula is C16H30N2O. The van der Waals surface area contributed by atoms with Gasteiger partial charge in [-0.05, 0) is 50.8 Å². The second-order valence-electron chi connectivity index (χ2n) is 6.93. The Balaban J connectivity index is 2.37. The number of likely N-dealkylation sites (tertiary alicyclic amines) is 1. The minimum Gasteiger partial charge on any atom is -0.338 e. The highest BCUT2D eigenvalue weighted by molar-refractivity contribution is 5.87. The van der Waals surface area contributed by atoms with Crippen LogP contribution in [-0.2, 0) is 4.79 Å². The smallest absolute Gasteiger partial charge is 0.246 e. The highest BCUT2D eigenvalue weighted by atomic mass is 16.2. The van der Waals surface area contributed by atoms with Crippen LogP contribution in [0.2, 0.25) is 0 Å². The first-order valence-corrected chi connectivity index (χ1v) is 7.45.